The Hall–Kier alpha value is -1.66. The number of hydrogen-bond acceptors (Lipinski definition) is 4. The van der Waals surface area contributed by atoms with Crippen molar-refractivity contribution >= 4 is 5.69 Å². The van der Waals surface area contributed by atoms with Crippen LogP contribution in [-0.4, -0.2) is 22.9 Å². The van der Waals surface area contributed by atoms with Gasteiger partial charge in [-0.15, -0.1) is 0 Å². The molecule has 1 aromatic heterocycles. The molecule has 0 aromatic carbocycles. The summed E-state index contributed by atoms with van der Waals surface area (Å²) in [6, 6.07) is 0.139. The number of halogens is 2. The fraction of sp³-hybridized carbons (Fsp3) is 0.733. The molecule has 2 bridgehead atoms. The average molecular weight is 313 g/mol. The number of aromatic amines is 1. The summed E-state index contributed by atoms with van der Waals surface area (Å²) in [5.74, 6) is 1.24. The van der Waals surface area contributed by atoms with Crippen LogP contribution in [0.5, 0.6) is 5.75 Å². The van der Waals surface area contributed by atoms with E-state index in [-0.39, 0.29) is 11.7 Å². The summed E-state index contributed by atoms with van der Waals surface area (Å²) >= 11 is 0. The zero-order valence-electron chi connectivity index (χ0n) is 12.9. The molecule has 22 heavy (non-hydrogen) atoms. The van der Waals surface area contributed by atoms with Gasteiger partial charge in [-0.05, 0) is 36.0 Å². The molecular formula is C15H21F2N3O2. The van der Waals surface area contributed by atoms with E-state index in [9.17, 15) is 13.6 Å². The van der Waals surface area contributed by atoms with Crippen LogP contribution in [0.3, 0.4) is 0 Å². The van der Waals surface area contributed by atoms with E-state index in [4.69, 9.17) is 0 Å². The third-order valence-corrected chi connectivity index (χ3v) is 5.71. The first-order chi connectivity index (χ1) is 10.3. The molecule has 0 radical (unpaired) electrons. The van der Waals surface area contributed by atoms with Gasteiger partial charge < -0.3 is 10.1 Å². The quantitative estimate of drug-likeness (QED) is 0.897. The van der Waals surface area contributed by atoms with Crippen molar-refractivity contribution in [2.45, 2.75) is 46.3 Å². The van der Waals surface area contributed by atoms with Gasteiger partial charge in [0.2, 0.25) is 5.75 Å². The third-order valence-electron chi connectivity index (χ3n) is 5.71. The van der Waals surface area contributed by atoms with E-state index >= 15 is 0 Å². The lowest BCUT2D eigenvalue weighted by Crippen LogP contribution is -2.58. The van der Waals surface area contributed by atoms with Crippen LogP contribution in [0.2, 0.25) is 0 Å². The van der Waals surface area contributed by atoms with Gasteiger partial charge in [-0.25, -0.2) is 5.10 Å². The molecule has 0 spiro atoms. The van der Waals surface area contributed by atoms with Gasteiger partial charge in [0.05, 0.1) is 6.20 Å². The lowest BCUT2D eigenvalue weighted by Gasteiger charge is -2.62. The number of fused-ring (bicyclic) bond motifs is 2. The second kappa shape index (κ2) is 5.21. The van der Waals surface area contributed by atoms with Crippen molar-refractivity contribution in [3.05, 3.63) is 16.6 Å². The Kier molecular flexibility index (Phi) is 3.61. The molecule has 0 unspecified atom stereocenters. The Morgan fingerprint density at radius 2 is 2.18 bits per heavy atom. The number of aromatic nitrogens is 2. The molecule has 5 nitrogen and oxygen atoms in total. The average Bonchev–Trinajstić information content (AvgIpc) is 2.43. The van der Waals surface area contributed by atoms with E-state index in [1.807, 2.05) is 0 Å². The summed E-state index contributed by atoms with van der Waals surface area (Å²) in [5, 5.41) is 9.00. The van der Waals surface area contributed by atoms with Gasteiger partial charge in [-0.1, -0.05) is 20.8 Å². The second-order valence-electron chi connectivity index (χ2n) is 7.03. The predicted octanol–water partition coefficient (Wildman–Crippen LogP) is 2.85. The highest BCUT2D eigenvalue weighted by Gasteiger charge is 2.56. The fourth-order valence-corrected chi connectivity index (χ4v) is 4.24. The molecule has 3 aliphatic carbocycles. The number of alkyl halides is 2. The van der Waals surface area contributed by atoms with Crippen molar-refractivity contribution in [1.29, 1.82) is 0 Å². The normalized spacial score (nSPS) is 32.5. The van der Waals surface area contributed by atoms with Crippen molar-refractivity contribution in [1.82, 2.24) is 10.2 Å². The largest absolute Gasteiger partial charge is 0.427 e. The van der Waals surface area contributed by atoms with Crippen LogP contribution < -0.4 is 15.6 Å². The molecule has 122 valence electrons. The Balaban J connectivity index is 1.80. The molecule has 3 saturated carbocycles. The van der Waals surface area contributed by atoms with Gasteiger partial charge >= 0.3 is 12.2 Å². The Labute approximate surface area is 127 Å². The van der Waals surface area contributed by atoms with E-state index in [0.717, 1.165) is 6.42 Å². The summed E-state index contributed by atoms with van der Waals surface area (Å²) in [5.41, 5.74) is -0.175. The number of nitrogens with one attached hydrogen (secondary N) is 2. The summed E-state index contributed by atoms with van der Waals surface area (Å²) in [6.07, 6.45) is 3.52. The van der Waals surface area contributed by atoms with E-state index in [1.165, 1.54) is 12.6 Å². The maximum atomic E-state index is 12.5. The van der Waals surface area contributed by atoms with Gasteiger partial charge in [0.25, 0.3) is 0 Å². The topological polar surface area (TPSA) is 67.0 Å². The van der Waals surface area contributed by atoms with Crippen LogP contribution in [0.4, 0.5) is 14.5 Å². The number of rotatable bonds is 4. The molecule has 7 heteroatoms. The molecule has 4 rings (SSSR count). The van der Waals surface area contributed by atoms with Gasteiger partial charge in [-0.2, -0.15) is 13.9 Å². The molecule has 0 saturated heterocycles. The monoisotopic (exact) mass is 313 g/mol. The van der Waals surface area contributed by atoms with Gasteiger partial charge in [0.1, 0.15) is 5.69 Å². The fourth-order valence-electron chi connectivity index (χ4n) is 4.24. The summed E-state index contributed by atoms with van der Waals surface area (Å²) in [6.45, 7) is 3.71. The Morgan fingerprint density at radius 3 is 2.77 bits per heavy atom. The van der Waals surface area contributed by atoms with Crippen LogP contribution in [0.15, 0.2) is 11.0 Å². The number of anilines is 1. The van der Waals surface area contributed by atoms with Crippen molar-refractivity contribution in [3.8, 4) is 5.75 Å². The highest BCUT2D eigenvalue weighted by molar-refractivity contribution is 5.54. The molecule has 0 aliphatic heterocycles. The number of hydrogen-bond donors (Lipinski definition) is 2. The highest BCUT2D eigenvalue weighted by atomic mass is 19.3. The Morgan fingerprint density at radius 1 is 1.45 bits per heavy atom. The first-order valence-corrected chi connectivity index (χ1v) is 7.59. The van der Waals surface area contributed by atoms with Gasteiger partial charge in [0, 0.05) is 6.04 Å². The third kappa shape index (κ3) is 2.36. The van der Waals surface area contributed by atoms with Crippen LogP contribution in [0.1, 0.15) is 33.6 Å². The minimum atomic E-state index is -3.04. The maximum Gasteiger partial charge on any atom is 0.387 e. The van der Waals surface area contributed by atoms with Crippen molar-refractivity contribution in [2.75, 3.05) is 5.32 Å². The summed E-state index contributed by atoms with van der Waals surface area (Å²) in [4.78, 5) is 11.7. The molecule has 2 N–H and O–H groups in total. The SMILES string of the molecule is C[C@@H]1[C@H]2C[C@@H](C[C@H]1Nc1cn[nH]c(=O)c1OC(F)F)C2(C)C. The van der Waals surface area contributed by atoms with E-state index in [1.54, 1.807) is 0 Å². The zero-order valence-corrected chi connectivity index (χ0v) is 12.9. The highest BCUT2D eigenvalue weighted by Crippen LogP contribution is 2.61. The van der Waals surface area contributed by atoms with Gasteiger partial charge in [-0.3, -0.25) is 4.79 Å². The van der Waals surface area contributed by atoms with Crippen molar-refractivity contribution in [2.24, 2.45) is 23.2 Å². The number of H-pyrrole nitrogens is 1. The van der Waals surface area contributed by atoms with Crippen molar-refractivity contribution < 1.29 is 13.5 Å². The first-order valence-electron chi connectivity index (χ1n) is 7.59. The molecule has 3 aliphatic rings. The van der Waals surface area contributed by atoms with E-state index < -0.39 is 17.9 Å². The summed E-state index contributed by atoms with van der Waals surface area (Å²) < 4.78 is 29.3. The maximum absolute atomic E-state index is 12.5. The summed E-state index contributed by atoms with van der Waals surface area (Å²) in [7, 11) is 0. The molecule has 4 atom stereocenters. The lowest BCUT2D eigenvalue weighted by molar-refractivity contribution is -0.105. The van der Waals surface area contributed by atoms with Crippen LogP contribution in [-0.2, 0) is 0 Å². The number of nitrogens with zero attached hydrogens (tertiary/aromatic N) is 1. The first kappa shape index (κ1) is 15.2. The standard InChI is InChI=1S/C15H21F2N3O2/c1-7-9-4-8(15(9,2)3)5-10(7)19-11-6-18-20-13(21)12(11)22-14(16)17/h6-10,14H,4-5H2,1-3H3,(H2,19,20,21)/t7-,8+,9-,10-/m1/s1. The minimum absolute atomic E-state index is 0.139. The Bertz CT molecular complexity index is 617. The minimum Gasteiger partial charge on any atom is -0.427 e. The smallest absolute Gasteiger partial charge is 0.387 e. The van der Waals surface area contributed by atoms with Crippen molar-refractivity contribution in [3.63, 3.8) is 0 Å². The molecular weight excluding hydrogens is 292 g/mol. The second-order valence-corrected chi connectivity index (χ2v) is 7.03. The van der Waals surface area contributed by atoms with Gasteiger partial charge in [0.15, 0.2) is 0 Å². The molecule has 0 amide bonds. The number of ether oxygens (including phenoxy) is 1. The van der Waals surface area contributed by atoms with Crippen LogP contribution in [0.25, 0.3) is 0 Å². The molecule has 3 fully saturated rings. The van der Waals surface area contributed by atoms with E-state index in [2.05, 4.69) is 41.0 Å². The van der Waals surface area contributed by atoms with Crippen LogP contribution in [0, 0.1) is 23.2 Å². The van der Waals surface area contributed by atoms with Crippen LogP contribution >= 0.6 is 0 Å². The zero-order chi connectivity index (χ0) is 16.1. The van der Waals surface area contributed by atoms with E-state index in [0.29, 0.717) is 23.2 Å². The molecule has 1 heterocycles. The predicted molar refractivity (Wildman–Crippen MR) is 78.1 cm³/mol. The lowest BCUT2D eigenvalue weighted by atomic mass is 9.45. The molecule has 1 aromatic rings.